The van der Waals surface area contributed by atoms with Crippen molar-refractivity contribution in [2.45, 2.75) is 52.6 Å². The SMILES string of the molecule is CCC1Oc2ccc(C)cc2N(CC(=O)NCCC[NH+]2CCC(C)CC2)C1=O. The van der Waals surface area contributed by atoms with Gasteiger partial charge in [0, 0.05) is 13.0 Å². The molecular formula is C22H34N3O3+. The maximum atomic E-state index is 12.7. The first kappa shape index (κ1) is 20.6. The molecule has 1 aromatic carbocycles. The average Bonchev–Trinajstić information content (AvgIpc) is 2.69. The molecule has 0 saturated carbocycles. The van der Waals surface area contributed by atoms with E-state index in [0.29, 0.717) is 24.4 Å². The Morgan fingerprint density at radius 1 is 1.32 bits per heavy atom. The molecule has 2 aliphatic heterocycles. The molecule has 1 atom stereocenters. The summed E-state index contributed by atoms with van der Waals surface area (Å²) in [5.41, 5.74) is 1.73. The van der Waals surface area contributed by atoms with Gasteiger partial charge in [0.25, 0.3) is 5.91 Å². The lowest BCUT2D eigenvalue weighted by atomic mass is 9.99. The fourth-order valence-corrected chi connectivity index (χ4v) is 4.04. The number of fused-ring (bicyclic) bond motifs is 1. The third-order valence-corrected chi connectivity index (χ3v) is 5.90. The molecule has 154 valence electrons. The van der Waals surface area contributed by atoms with E-state index in [1.807, 2.05) is 32.0 Å². The van der Waals surface area contributed by atoms with E-state index < -0.39 is 6.10 Å². The molecule has 3 rings (SSSR count). The number of hydrogen-bond donors (Lipinski definition) is 2. The summed E-state index contributed by atoms with van der Waals surface area (Å²) in [7, 11) is 0. The van der Waals surface area contributed by atoms with Crippen LogP contribution in [-0.2, 0) is 9.59 Å². The Balaban J connectivity index is 1.51. The van der Waals surface area contributed by atoms with Crippen LogP contribution < -0.4 is 19.9 Å². The summed E-state index contributed by atoms with van der Waals surface area (Å²) < 4.78 is 5.81. The molecule has 0 radical (unpaired) electrons. The first-order valence-corrected chi connectivity index (χ1v) is 10.7. The summed E-state index contributed by atoms with van der Waals surface area (Å²) in [6.45, 7) is 10.5. The van der Waals surface area contributed by atoms with E-state index in [4.69, 9.17) is 4.74 Å². The predicted octanol–water partition coefficient (Wildman–Crippen LogP) is 1.32. The number of ether oxygens (including phenoxy) is 1. The van der Waals surface area contributed by atoms with Gasteiger partial charge in [0.2, 0.25) is 5.91 Å². The van der Waals surface area contributed by atoms with Crippen molar-refractivity contribution in [3.05, 3.63) is 23.8 Å². The normalized spacial score (nSPS) is 24.5. The van der Waals surface area contributed by atoms with Crippen molar-refractivity contribution in [3.8, 4) is 5.75 Å². The topological polar surface area (TPSA) is 63.1 Å². The second-order valence-electron chi connectivity index (χ2n) is 8.30. The predicted molar refractivity (Wildman–Crippen MR) is 110 cm³/mol. The van der Waals surface area contributed by atoms with Gasteiger partial charge in [0.05, 0.1) is 25.3 Å². The minimum Gasteiger partial charge on any atom is -0.478 e. The minimum absolute atomic E-state index is 0.0449. The molecule has 0 spiro atoms. The van der Waals surface area contributed by atoms with Crippen LogP contribution in [-0.4, -0.2) is 50.6 Å². The van der Waals surface area contributed by atoms with E-state index in [9.17, 15) is 9.59 Å². The van der Waals surface area contributed by atoms with Crippen LogP contribution in [0.3, 0.4) is 0 Å². The Morgan fingerprint density at radius 3 is 2.79 bits per heavy atom. The van der Waals surface area contributed by atoms with Gasteiger partial charge in [0.1, 0.15) is 12.3 Å². The van der Waals surface area contributed by atoms with E-state index in [-0.39, 0.29) is 18.4 Å². The highest BCUT2D eigenvalue weighted by Gasteiger charge is 2.34. The van der Waals surface area contributed by atoms with E-state index >= 15 is 0 Å². The maximum absolute atomic E-state index is 12.7. The van der Waals surface area contributed by atoms with Gasteiger partial charge in [0.15, 0.2) is 6.10 Å². The van der Waals surface area contributed by atoms with Gasteiger partial charge in [-0.15, -0.1) is 0 Å². The molecule has 2 amide bonds. The number of amides is 2. The van der Waals surface area contributed by atoms with Crippen LogP contribution in [0.15, 0.2) is 18.2 Å². The fourth-order valence-electron chi connectivity index (χ4n) is 4.04. The zero-order valence-corrected chi connectivity index (χ0v) is 17.4. The van der Waals surface area contributed by atoms with Gasteiger partial charge in [-0.05, 0) is 49.8 Å². The Morgan fingerprint density at radius 2 is 2.07 bits per heavy atom. The van der Waals surface area contributed by atoms with Crippen LogP contribution in [0.4, 0.5) is 5.69 Å². The van der Waals surface area contributed by atoms with E-state index in [1.54, 1.807) is 9.80 Å². The molecule has 6 heteroatoms. The molecule has 2 heterocycles. The Labute approximate surface area is 168 Å². The van der Waals surface area contributed by atoms with Gasteiger partial charge in [-0.3, -0.25) is 14.5 Å². The third-order valence-electron chi connectivity index (χ3n) is 5.90. The highest BCUT2D eigenvalue weighted by atomic mass is 16.5. The average molecular weight is 389 g/mol. The third kappa shape index (κ3) is 5.04. The summed E-state index contributed by atoms with van der Waals surface area (Å²) in [6.07, 6.45) is 3.64. The molecule has 28 heavy (non-hydrogen) atoms. The number of nitrogens with zero attached hydrogens (tertiary/aromatic N) is 1. The fraction of sp³-hybridized carbons (Fsp3) is 0.636. The maximum Gasteiger partial charge on any atom is 0.268 e. The van der Waals surface area contributed by atoms with Gasteiger partial charge in [-0.2, -0.15) is 0 Å². The number of nitrogens with one attached hydrogen (secondary N) is 2. The number of piperidine rings is 1. The molecule has 1 fully saturated rings. The monoisotopic (exact) mass is 388 g/mol. The molecule has 1 aromatic rings. The molecule has 1 unspecified atom stereocenters. The molecule has 2 aliphatic rings. The first-order chi connectivity index (χ1) is 13.5. The number of rotatable bonds is 7. The molecule has 0 aromatic heterocycles. The van der Waals surface area contributed by atoms with Gasteiger partial charge < -0.3 is 15.0 Å². The minimum atomic E-state index is -0.520. The Hall–Kier alpha value is -2.08. The van der Waals surface area contributed by atoms with Crippen LogP contribution in [0, 0.1) is 12.8 Å². The number of hydrogen-bond acceptors (Lipinski definition) is 3. The van der Waals surface area contributed by atoms with Gasteiger partial charge >= 0.3 is 0 Å². The molecule has 0 bridgehead atoms. The van der Waals surface area contributed by atoms with E-state index in [0.717, 1.165) is 24.4 Å². The van der Waals surface area contributed by atoms with Crippen molar-refractivity contribution in [1.82, 2.24) is 5.32 Å². The van der Waals surface area contributed by atoms with E-state index in [1.165, 1.54) is 25.9 Å². The molecule has 2 N–H and O–H groups in total. The van der Waals surface area contributed by atoms with Crippen LogP contribution in [0.25, 0.3) is 0 Å². The zero-order valence-electron chi connectivity index (χ0n) is 17.4. The molecular weight excluding hydrogens is 354 g/mol. The number of likely N-dealkylation sites (tertiary alicyclic amines) is 1. The Kier molecular flexibility index (Phi) is 6.94. The van der Waals surface area contributed by atoms with Crippen molar-refractivity contribution < 1.29 is 19.2 Å². The Bertz CT molecular complexity index is 698. The second-order valence-corrected chi connectivity index (χ2v) is 8.30. The van der Waals surface area contributed by atoms with Crippen LogP contribution in [0.2, 0.25) is 0 Å². The van der Waals surface area contributed by atoms with Crippen LogP contribution in [0.5, 0.6) is 5.75 Å². The molecule has 1 saturated heterocycles. The number of anilines is 1. The molecule has 6 nitrogen and oxygen atoms in total. The zero-order chi connectivity index (χ0) is 20.1. The van der Waals surface area contributed by atoms with E-state index in [2.05, 4.69) is 12.2 Å². The lowest BCUT2D eigenvalue weighted by Gasteiger charge is -2.34. The number of carbonyl (C=O) groups is 2. The summed E-state index contributed by atoms with van der Waals surface area (Å²) in [5, 5.41) is 2.99. The highest BCUT2D eigenvalue weighted by molar-refractivity contribution is 6.03. The lowest BCUT2D eigenvalue weighted by molar-refractivity contribution is -0.906. The van der Waals surface area contributed by atoms with Crippen molar-refractivity contribution in [2.75, 3.05) is 37.6 Å². The summed E-state index contributed by atoms with van der Waals surface area (Å²) in [6, 6.07) is 5.75. The van der Waals surface area contributed by atoms with Crippen LogP contribution >= 0.6 is 0 Å². The summed E-state index contributed by atoms with van der Waals surface area (Å²) in [4.78, 5) is 28.5. The van der Waals surface area contributed by atoms with Gasteiger partial charge in [-0.1, -0.05) is 19.9 Å². The summed E-state index contributed by atoms with van der Waals surface area (Å²) >= 11 is 0. The number of carbonyl (C=O) groups excluding carboxylic acids is 2. The highest BCUT2D eigenvalue weighted by Crippen LogP contribution is 2.35. The largest absolute Gasteiger partial charge is 0.478 e. The molecule has 0 aliphatic carbocycles. The summed E-state index contributed by atoms with van der Waals surface area (Å²) in [5.74, 6) is 1.28. The van der Waals surface area contributed by atoms with Crippen molar-refractivity contribution >= 4 is 17.5 Å². The smallest absolute Gasteiger partial charge is 0.268 e. The lowest BCUT2D eigenvalue weighted by Crippen LogP contribution is -3.13. The van der Waals surface area contributed by atoms with Gasteiger partial charge in [-0.25, -0.2) is 0 Å². The number of aryl methyl sites for hydroxylation is 1. The second kappa shape index (κ2) is 9.41. The standard InChI is InChI=1S/C22H33N3O3/c1-4-19-22(27)25(18-14-17(3)6-7-20(18)28-19)15-21(26)23-10-5-11-24-12-8-16(2)9-13-24/h6-7,14,16,19H,4-5,8-13,15H2,1-3H3,(H,23,26)/p+1. The van der Waals surface area contributed by atoms with Crippen molar-refractivity contribution in [2.24, 2.45) is 5.92 Å². The van der Waals surface area contributed by atoms with Crippen molar-refractivity contribution in [3.63, 3.8) is 0 Å². The number of benzene rings is 1. The quantitative estimate of drug-likeness (QED) is 0.693. The van der Waals surface area contributed by atoms with Crippen LogP contribution in [0.1, 0.15) is 45.1 Å². The number of quaternary nitrogens is 1. The first-order valence-electron chi connectivity index (χ1n) is 10.7. The van der Waals surface area contributed by atoms with Crippen molar-refractivity contribution in [1.29, 1.82) is 0 Å².